The maximum atomic E-state index is 11.1. The number of methoxy groups -OCH3 is 1. The van der Waals surface area contributed by atoms with Crippen LogP contribution in [0.15, 0.2) is 12.1 Å². The van der Waals surface area contributed by atoms with Gasteiger partial charge < -0.3 is 28.8 Å². The van der Waals surface area contributed by atoms with Crippen LogP contribution in [0.5, 0.6) is 11.5 Å². The van der Waals surface area contributed by atoms with Gasteiger partial charge in [0.15, 0.2) is 11.5 Å². The van der Waals surface area contributed by atoms with Crippen LogP contribution in [0.2, 0.25) is 0 Å². The lowest BCUT2D eigenvalue weighted by atomic mass is 9.78. The number of rotatable bonds is 4. The Morgan fingerprint density at radius 2 is 1.83 bits per heavy atom. The van der Waals surface area contributed by atoms with Crippen molar-refractivity contribution >= 4 is 18.7 Å². The van der Waals surface area contributed by atoms with Crippen molar-refractivity contribution in [2.24, 2.45) is 0 Å². The topological polar surface area (TPSA) is 101 Å². The summed E-state index contributed by atoms with van der Waals surface area (Å²) in [5.74, 6) is 0.790. The molecule has 0 radical (unpaired) electrons. The Morgan fingerprint density at radius 1 is 1.24 bits per heavy atom. The van der Waals surface area contributed by atoms with Gasteiger partial charge in [-0.1, -0.05) is 0 Å². The highest BCUT2D eigenvalue weighted by atomic mass is 16.7. The zero-order valence-electron chi connectivity index (χ0n) is 17.5. The van der Waals surface area contributed by atoms with E-state index in [2.05, 4.69) is 6.07 Å². The number of nitriles is 1. The van der Waals surface area contributed by atoms with E-state index in [1.165, 1.54) is 12.0 Å². The number of benzene rings is 1. The first-order chi connectivity index (χ1) is 13.6. The number of nitrogens with zero attached hydrogens (tertiary/aromatic N) is 2. The molecule has 8 nitrogen and oxygen atoms in total. The second-order valence-electron chi connectivity index (χ2n) is 8.39. The van der Waals surface area contributed by atoms with E-state index in [1.54, 1.807) is 12.1 Å². The summed E-state index contributed by atoms with van der Waals surface area (Å²) < 4.78 is 23.7. The molecule has 2 aliphatic rings. The van der Waals surface area contributed by atoms with E-state index in [1.807, 2.05) is 27.7 Å². The summed E-state index contributed by atoms with van der Waals surface area (Å²) in [6.07, 6.45) is -0.00157. The van der Waals surface area contributed by atoms with Gasteiger partial charge in [-0.05, 0) is 45.3 Å². The van der Waals surface area contributed by atoms with Crippen LogP contribution in [0.1, 0.15) is 46.1 Å². The van der Waals surface area contributed by atoms with Gasteiger partial charge in [0, 0.05) is 25.9 Å². The van der Waals surface area contributed by atoms with Crippen molar-refractivity contribution in [3.63, 3.8) is 0 Å². The summed E-state index contributed by atoms with van der Waals surface area (Å²) in [6, 6.07) is 5.64. The number of carboxylic acid groups (broad SMARTS) is 1. The van der Waals surface area contributed by atoms with Crippen molar-refractivity contribution in [2.45, 2.75) is 57.8 Å². The Balaban J connectivity index is 1.83. The number of ether oxygens (including phenoxy) is 2. The van der Waals surface area contributed by atoms with Gasteiger partial charge in [-0.3, -0.25) is 0 Å². The normalized spacial score (nSPS) is 21.0. The third kappa shape index (κ3) is 4.14. The molecule has 0 bridgehead atoms. The molecule has 2 heterocycles. The van der Waals surface area contributed by atoms with E-state index in [0.717, 1.165) is 0 Å². The van der Waals surface area contributed by atoms with E-state index >= 15 is 0 Å². The maximum Gasteiger partial charge on any atom is 0.495 e. The summed E-state index contributed by atoms with van der Waals surface area (Å²) in [6.45, 7) is 8.67. The van der Waals surface area contributed by atoms with E-state index in [-0.39, 0.29) is 6.10 Å². The molecule has 1 aromatic carbocycles. The molecule has 0 aliphatic carbocycles. The number of hydrogen-bond donors (Lipinski definition) is 1. The molecule has 0 saturated carbocycles. The van der Waals surface area contributed by atoms with Crippen LogP contribution in [0, 0.1) is 11.3 Å². The Labute approximate surface area is 171 Å². The molecular weight excluding hydrogens is 375 g/mol. The number of piperidine rings is 1. The van der Waals surface area contributed by atoms with Gasteiger partial charge in [0.2, 0.25) is 0 Å². The molecule has 2 aliphatic heterocycles. The van der Waals surface area contributed by atoms with Crippen molar-refractivity contribution in [2.75, 3.05) is 20.2 Å². The van der Waals surface area contributed by atoms with Gasteiger partial charge in [0.05, 0.1) is 23.9 Å². The van der Waals surface area contributed by atoms with E-state index in [9.17, 15) is 10.1 Å². The Morgan fingerprint density at radius 3 is 2.31 bits per heavy atom. The number of carbonyl (C=O) groups is 1. The quantitative estimate of drug-likeness (QED) is 0.772. The Hall–Kier alpha value is -2.44. The Bertz CT molecular complexity index is 811. The van der Waals surface area contributed by atoms with Crippen molar-refractivity contribution in [3.05, 3.63) is 17.7 Å². The first kappa shape index (κ1) is 21.3. The highest BCUT2D eigenvalue weighted by Gasteiger charge is 2.52. The minimum atomic E-state index is -0.925. The summed E-state index contributed by atoms with van der Waals surface area (Å²) in [4.78, 5) is 12.4. The highest BCUT2D eigenvalue weighted by Crippen LogP contribution is 2.38. The number of hydrogen-bond acceptors (Lipinski definition) is 6. The zero-order valence-corrected chi connectivity index (χ0v) is 17.5. The largest absolute Gasteiger partial charge is 0.495 e. The fraction of sp³-hybridized carbons (Fsp3) is 0.600. The van der Waals surface area contributed by atoms with Crippen molar-refractivity contribution < 1.29 is 28.7 Å². The lowest BCUT2D eigenvalue weighted by Crippen LogP contribution is -2.41. The lowest BCUT2D eigenvalue weighted by Gasteiger charge is -2.32. The predicted octanol–water partition coefficient (Wildman–Crippen LogP) is 2.39. The molecule has 1 aromatic rings. The summed E-state index contributed by atoms with van der Waals surface area (Å²) in [7, 11) is 0.901. The lowest BCUT2D eigenvalue weighted by molar-refractivity contribution is 0.00578. The van der Waals surface area contributed by atoms with Gasteiger partial charge in [-0.15, -0.1) is 0 Å². The fourth-order valence-corrected chi connectivity index (χ4v) is 3.43. The van der Waals surface area contributed by atoms with E-state index in [4.69, 9.17) is 23.9 Å². The molecule has 0 aromatic heterocycles. The molecule has 0 spiro atoms. The molecular formula is C20H27BN2O6. The van der Waals surface area contributed by atoms with Gasteiger partial charge in [-0.25, -0.2) is 4.79 Å². The molecule has 0 atom stereocenters. The van der Waals surface area contributed by atoms with Gasteiger partial charge in [0.1, 0.15) is 12.2 Å². The number of amides is 1. The standard InChI is InChI=1S/C20H27BN2O6/c1-19(2)20(3,4)29-21(28-19)14-10-13(12-22)17(16(11-14)26-5)27-15-6-8-23(9-7-15)18(24)25/h10-11,15H,6-9H2,1-5H3,(H,24,25). The minimum absolute atomic E-state index is 0.186. The highest BCUT2D eigenvalue weighted by molar-refractivity contribution is 6.62. The van der Waals surface area contributed by atoms with Gasteiger partial charge in [-0.2, -0.15) is 5.26 Å². The average Bonchev–Trinajstić information content (AvgIpc) is 2.89. The van der Waals surface area contributed by atoms with Crippen LogP contribution < -0.4 is 14.9 Å². The second-order valence-corrected chi connectivity index (χ2v) is 8.39. The van der Waals surface area contributed by atoms with Gasteiger partial charge in [0.25, 0.3) is 0 Å². The molecule has 0 unspecified atom stereocenters. The molecule has 3 rings (SSSR count). The molecule has 156 valence electrons. The van der Waals surface area contributed by atoms with Crippen LogP contribution in [0.3, 0.4) is 0 Å². The molecule has 2 fully saturated rings. The summed E-state index contributed by atoms with van der Waals surface area (Å²) in [5, 5.41) is 18.8. The van der Waals surface area contributed by atoms with Crippen molar-refractivity contribution in [3.8, 4) is 17.6 Å². The van der Waals surface area contributed by atoms with Crippen LogP contribution >= 0.6 is 0 Å². The molecule has 2 saturated heterocycles. The van der Waals surface area contributed by atoms with Crippen molar-refractivity contribution in [1.29, 1.82) is 5.26 Å². The van der Waals surface area contributed by atoms with Gasteiger partial charge >= 0.3 is 13.2 Å². The Kier molecular flexibility index (Phi) is 5.70. The summed E-state index contributed by atoms with van der Waals surface area (Å²) >= 11 is 0. The van der Waals surface area contributed by atoms with Crippen LogP contribution in [0.4, 0.5) is 4.79 Å². The zero-order chi connectivity index (χ0) is 21.4. The predicted molar refractivity (Wildman–Crippen MR) is 107 cm³/mol. The second kappa shape index (κ2) is 7.77. The monoisotopic (exact) mass is 402 g/mol. The molecule has 1 N–H and O–H groups in total. The van der Waals surface area contributed by atoms with Crippen LogP contribution in [-0.4, -0.2) is 60.7 Å². The SMILES string of the molecule is COc1cc(B2OC(C)(C)C(C)(C)O2)cc(C#N)c1OC1CCN(C(=O)O)CC1. The fourth-order valence-electron chi connectivity index (χ4n) is 3.43. The molecule has 29 heavy (non-hydrogen) atoms. The third-order valence-electron chi connectivity index (χ3n) is 5.94. The van der Waals surface area contributed by atoms with E-state index in [0.29, 0.717) is 48.5 Å². The minimum Gasteiger partial charge on any atom is -0.493 e. The van der Waals surface area contributed by atoms with Crippen LogP contribution in [0.25, 0.3) is 0 Å². The average molecular weight is 402 g/mol. The smallest absolute Gasteiger partial charge is 0.493 e. The van der Waals surface area contributed by atoms with Crippen molar-refractivity contribution in [1.82, 2.24) is 4.90 Å². The summed E-state index contributed by atoms with van der Waals surface area (Å²) in [5.41, 5.74) is 0.0236. The van der Waals surface area contributed by atoms with E-state index < -0.39 is 24.4 Å². The first-order valence-electron chi connectivity index (χ1n) is 9.70. The molecule has 9 heteroatoms. The maximum absolute atomic E-state index is 11.1. The number of likely N-dealkylation sites (tertiary alicyclic amines) is 1. The third-order valence-corrected chi connectivity index (χ3v) is 5.94. The molecule has 1 amide bonds. The first-order valence-corrected chi connectivity index (χ1v) is 9.70. The van der Waals surface area contributed by atoms with Crippen LogP contribution in [-0.2, 0) is 9.31 Å².